The van der Waals surface area contributed by atoms with E-state index in [1.54, 1.807) is 24.1 Å². The molecule has 4 rings (SSSR count). The number of hydrogen-bond donors (Lipinski definition) is 2. The SMILES string of the molecule is Cn1nc(NC(=O)Cc2cccs2)c2c1NC(=O)C[C@@H]2c1ccco1. The zero-order valence-corrected chi connectivity index (χ0v) is 14.3. The van der Waals surface area contributed by atoms with Gasteiger partial charge in [0.25, 0.3) is 0 Å². The first kappa shape index (κ1) is 15.6. The molecule has 0 unspecified atom stereocenters. The molecular weight excluding hydrogens is 340 g/mol. The van der Waals surface area contributed by atoms with Gasteiger partial charge in [-0.25, -0.2) is 0 Å². The number of nitrogens with zero attached hydrogens (tertiary/aromatic N) is 2. The van der Waals surface area contributed by atoms with Crippen LogP contribution in [-0.2, 0) is 23.1 Å². The molecule has 2 N–H and O–H groups in total. The Labute approximate surface area is 147 Å². The lowest BCUT2D eigenvalue weighted by Crippen LogP contribution is -2.25. The summed E-state index contributed by atoms with van der Waals surface area (Å²) in [6.07, 6.45) is 2.12. The van der Waals surface area contributed by atoms with Crippen molar-refractivity contribution in [1.82, 2.24) is 9.78 Å². The highest BCUT2D eigenvalue weighted by Gasteiger charge is 2.34. The van der Waals surface area contributed by atoms with Gasteiger partial charge in [0.1, 0.15) is 11.6 Å². The van der Waals surface area contributed by atoms with Gasteiger partial charge in [0, 0.05) is 18.3 Å². The van der Waals surface area contributed by atoms with Gasteiger partial charge in [-0.15, -0.1) is 11.3 Å². The third-order valence-electron chi connectivity index (χ3n) is 4.14. The van der Waals surface area contributed by atoms with Crippen LogP contribution in [0.25, 0.3) is 0 Å². The largest absolute Gasteiger partial charge is 0.469 e. The topological polar surface area (TPSA) is 89.2 Å². The minimum atomic E-state index is -0.274. The Morgan fingerprint density at radius 1 is 1.48 bits per heavy atom. The van der Waals surface area contributed by atoms with E-state index in [0.717, 1.165) is 10.4 Å². The molecule has 0 bridgehead atoms. The van der Waals surface area contributed by atoms with Crippen LogP contribution < -0.4 is 10.6 Å². The van der Waals surface area contributed by atoms with Gasteiger partial charge in [-0.2, -0.15) is 5.10 Å². The molecule has 1 aliphatic heterocycles. The predicted molar refractivity (Wildman–Crippen MR) is 93.7 cm³/mol. The molecule has 1 aliphatic rings. The fourth-order valence-electron chi connectivity index (χ4n) is 3.06. The molecular formula is C17H16N4O3S. The van der Waals surface area contributed by atoms with Gasteiger partial charge < -0.3 is 15.1 Å². The summed E-state index contributed by atoms with van der Waals surface area (Å²) in [5.41, 5.74) is 0.775. The van der Waals surface area contributed by atoms with Crippen molar-refractivity contribution in [3.63, 3.8) is 0 Å². The van der Waals surface area contributed by atoms with Crippen LogP contribution in [0.2, 0.25) is 0 Å². The van der Waals surface area contributed by atoms with Crippen molar-refractivity contribution in [3.8, 4) is 0 Å². The van der Waals surface area contributed by atoms with Crippen molar-refractivity contribution in [2.75, 3.05) is 10.6 Å². The van der Waals surface area contributed by atoms with Crippen molar-refractivity contribution < 1.29 is 14.0 Å². The van der Waals surface area contributed by atoms with Crippen LogP contribution in [0.3, 0.4) is 0 Å². The number of furan rings is 1. The van der Waals surface area contributed by atoms with E-state index >= 15 is 0 Å². The maximum Gasteiger partial charge on any atom is 0.230 e. The first-order valence-electron chi connectivity index (χ1n) is 7.84. The van der Waals surface area contributed by atoms with E-state index in [1.807, 2.05) is 23.6 Å². The van der Waals surface area contributed by atoms with E-state index in [9.17, 15) is 9.59 Å². The number of nitrogens with one attached hydrogen (secondary N) is 2. The monoisotopic (exact) mass is 356 g/mol. The van der Waals surface area contributed by atoms with E-state index in [-0.39, 0.29) is 24.2 Å². The van der Waals surface area contributed by atoms with Gasteiger partial charge in [-0.1, -0.05) is 6.07 Å². The van der Waals surface area contributed by atoms with Crippen LogP contribution in [0.5, 0.6) is 0 Å². The minimum absolute atomic E-state index is 0.103. The van der Waals surface area contributed by atoms with Crippen molar-refractivity contribution in [2.24, 2.45) is 7.05 Å². The smallest absolute Gasteiger partial charge is 0.230 e. The second-order valence-electron chi connectivity index (χ2n) is 5.86. The second kappa shape index (κ2) is 6.21. The van der Waals surface area contributed by atoms with E-state index in [0.29, 0.717) is 23.8 Å². The maximum absolute atomic E-state index is 12.4. The molecule has 0 aromatic carbocycles. The molecule has 3 aromatic heterocycles. The Morgan fingerprint density at radius 2 is 2.36 bits per heavy atom. The van der Waals surface area contributed by atoms with Crippen LogP contribution in [0.15, 0.2) is 40.3 Å². The number of hydrogen-bond acceptors (Lipinski definition) is 5. The summed E-state index contributed by atoms with van der Waals surface area (Å²) in [6.45, 7) is 0. The number of aromatic nitrogens is 2. The van der Waals surface area contributed by atoms with Crippen molar-refractivity contribution in [3.05, 3.63) is 52.1 Å². The zero-order chi connectivity index (χ0) is 17.4. The van der Waals surface area contributed by atoms with E-state index in [1.165, 1.54) is 11.3 Å². The first-order valence-corrected chi connectivity index (χ1v) is 8.72. The lowest BCUT2D eigenvalue weighted by molar-refractivity contribution is -0.117. The number of anilines is 2. The molecule has 0 radical (unpaired) electrons. The summed E-state index contributed by atoms with van der Waals surface area (Å²) in [5.74, 6) is 1.21. The molecule has 4 heterocycles. The summed E-state index contributed by atoms with van der Waals surface area (Å²) in [5, 5.41) is 12.0. The standard InChI is InChI=1S/C17H16N4O3S/c1-21-17-15(11(9-14(23)19-17)12-5-2-6-24-12)16(20-21)18-13(22)8-10-4-3-7-25-10/h2-7,11H,8-9H2,1H3,(H,19,23)(H,18,20,22)/t11-/m1/s1. The highest BCUT2D eigenvalue weighted by molar-refractivity contribution is 7.10. The highest BCUT2D eigenvalue weighted by atomic mass is 32.1. The Hall–Kier alpha value is -2.87. The summed E-state index contributed by atoms with van der Waals surface area (Å²) in [4.78, 5) is 25.4. The summed E-state index contributed by atoms with van der Waals surface area (Å²) in [7, 11) is 1.73. The quantitative estimate of drug-likeness (QED) is 0.752. The molecule has 0 spiro atoms. The number of thiophene rings is 1. The summed E-state index contributed by atoms with van der Waals surface area (Å²) >= 11 is 1.54. The van der Waals surface area contributed by atoms with Gasteiger partial charge in [0.2, 0.25) is 11.8 Å². The number of carbonyl (C=O) groups excluding carboxylic acids is 2. The molecule has 0 fully saturated rings. The fourth-order valence-corrected chi connectivity index (χ4v) is 3.77. The Kier molecular flexibility index (Phi) is 3.89. The van der Waals surface area contributed by atoms with Crippen molar-refractivity contribution in [2.45, 2.75) is 18.8 Å². The van der Waals surface area contributed by atoms with Crippen molar-refractivity contribution in [1.29, 1.82) is 0 Å². The molecule has 8 heteroatoms. The van der Waals surface area contributed by atoms with E-state index in [2.05, 4.69) is 15.7 Å². The van der Waals surface area contributed by atoms with Gasteiger partial charge in [-0.3, -0.25) is 14.3 Å². The normalized spacial score (nSPS) is 16.4. The lowest BCUT2D eigenvalue weighted by atomic mass is 9.91. The molecule has 25 heavy (non-hydrogen) atoms. The maximum atomic E-state index is 12.4. The molecule has 1 atom stereocenters. The number of rotatable bonds is 4. The molecule has 7 nitrogen and oxygen atoms in total. The number of aryl methyl sites for hydroxylation is 1. The van der Waals surface area contributed by atoms with Gasteiger partial charge in [-0.05, 0) is 23.6 Å². The molecule has 0 saturated heterocycles. The Balaban J connectivity index is 1.67. The van der Waals surface area contributed by atoms with Crippen LogP contribution in [0.1, 0.15) is 28.5 Å². The molecule has 0 saturated carbocycles. The van der Waals surface area contributed by atoms with Crippen LogP contribution >= 0.6 is 11.3 Å². The van der Waals surface area contributed by atoms with Gasteiger partial charge in [0.05, 0.1) is 24.2 Å². The summed E-state index contributed by atoms with van der Waals surface area (Å²) in [6, 6.07) is 7.45. The average molecular weight is 356 g/mol. The fraction of sp³-hybridized carbons (Fsp3) is 0.235. The van der Waals surface area contributed by atoms with Gasteiger partial charge >= 0.3 is 0 Å². The van der Waals surface area contributed by atoms with E-state index < -0.39 is 0 Å². The average Bonchev–Trinajstić information content (AvgIpc) is 3.30. The highest BCUT2D eigenvalue weighted by Crippen LogP contribution is 2.41. The van der Waals surface area contributed by atoms with Crippen LogP contribution in [-0.4, -0.2) is 21.6 Å². The molecule has 3 aromatic rings. The Morgan fingerprint density at radius 3 is 3.08 bits per heavy atom. The van der Waals surface area contributed by atoms with Crippen LogP contribution in [0, 0.1) is 0 Å². The van der Waals surface area contributed by atoms with Crippen molar-refractivity contribution >= 4 is 34.8 Å². The van der Waals surface area contributed by atoms with Gasteiger partial charge in [0.15, 0.2) is 5.82 Å². The third kappa shape index (κ3) is 2.96. The number of amides is 2. The minimum Gasteiger partial charge on any atom is -0.469 e. The van der Waals surface area contributed by atoms with E-state index in [4.69, 9.17) is 4.42 Å². The summed E-state index contributed by atoms with van der Waals surface area (Å²) < 4.78 is 7.08. The number of carbonyl (C=O) groups is 2. The lowest BCUT2D eigenvalue weighted by Gasteiger charge is -2.22. The first-order chi connectivity index (χ1) is 12.1. The molecule has 2 amide bonds. The van der Waals surface area contributed by atoms with Crippen LogP contribution in [0.4, 0.5) is 11.6 Å². The zero-order valence-electron chi connectivity index (χ0n) is 13.5. The molecule has 0 aliphatic carbocycles. The Bertz CT molecular complexity index is 912. The number of fused-ring (bicyclic) bond motifs is 1. The molecule has 128 valence electrons. The predicted octanol–water partition coefficient (Wildman–Crippen LogP) is 2.73. The third-order valence-corrected chi connectivity index (χ3v) is 5.02. The second-order valence-corrected chi connectivity index (χ2v) is 6.89.